The molecule has 0 aliphatic heterocycles. The van der Waals surface area contributed by atoms with Gasteiger partial charge in [0, 0.05) is 25.1 Å². The molecule has 154 valence electrons. The van der Waals surface area contributed by atoms with Gasteiger partial charge in [-0.25, -0.2) is 14.0 Å². The van der Waals surface area contributed by atoms with Crippen molar-refractivity contribution in [3.05, 3.63) is 35.6 Å². The maximum atomic E-state index is 12.8. The highest BCUT2D eigenvalue weighted by Gasteiger charge is 2.20. The van der Waals surface area contributed by atoms with E-state index in [1.54, 1.807) is 0 Å². The third-order valence-electron chi connectivity index (χ3n) is 3.78. The molecule has 0 radical (unpaired) electrons. The maximum Gasteiger partial charge on any atom is 0.326 e. The second-order valence-electron chi connectivity index (χ2n) is 6.05. The molecule has 5 N–H and O–H groups in total. The summed E-state index contributed by atoms with van der Waals surface area (Å²) in [4.78, 5) is 44.9. The zero-order chi connectivity index (χ0) is 20.9. The van der Waals surface area contributed by atoms with E-state index in [4.69, 9.17) is 10.2 Å². The summed E-state index contributed by atoms with van der Waals surface area (Å²) in [6, 6.07) is 3.27. The monoisotopic (exact) mass is 397 g/mol. The highest BCUT2D eigenvalue weighted by atomic mass is 19.1. The van der Waals surface area contributed by atoms with Crippen LogP contribution < -0.4 is 16.0 Å². The first-order valence-electron chi connectivity index (χ1n) is 8.82. The summed E-state index contributed by atoms with van der Waals surface area (Å²) in [6.07, 6.45) is 1.44. The van der Waals surface area contributed by atoms with Gasteiger partial charge in [0.1, 0.15) is 11.9 Å². The minimum Gasteiger partial charge on any atom is -0.481 e. The van der Waals surface area contributed by atoms with Crippen LogP contribution in [-0.2, 0) is 9.59 Å². The Bertz CT molecular complexity index is 680. The Hall–Kier alpha value is -3.17. The number of unbranched alkanes of at least 4 members (excludes halogenated alkanes) is 2. The number of urea groups is 1. The normalized spacial score (nSPS) is 11.3. The van der Waals surface area contributed by atoms with Gasteiger partial charge in [-0.05, 0) is 49.9 Å². The average molecular weight is 397 g/mol. The van der Waals surface area contributed by atoms with Crippen molar-refractivity contribution in [2.24, 2.45) is 0 Å². The van der Waals surface area contributed by atoms with Crippen LogP contribution in [0.15, 0.2) is 24.3 Å². The van der Waals surface area contributed by atoms with E-state index in [-0.39, 0.29) is 18.7 Å². The molecule has 28 heavy (non-hydrogen) atoms. The van der Waals surface area contributed by atoms with Crippen molar-refractivity contribution in [1.29, 1.82) is 0 Å². The van der Waals surface area contributed by atoms with Gasteiger partial charge in [0.15, 0.2) is 0 Å². The van der Waals surface area contributed by atoms with Crippen molar-refractivity contribution in [2.75, 3.05) is 13.1 Å². The van der Waals surface area contributed by atoms with Crippen molar-refractivity contribution in [3.8, 4) is 0 Å². The topological polar surface area (TPSA) is 145 Å². The molecule has 0 aromatic heterocycles. The van der Waals surface area contributed by atoms with Gasteiger partial charge >= 0.3 is 18.0 Å². The lowest BCUT2D eigenvalue weighted by molar-refractivity contribution is -0.140. The van der Waals surface area contributed by atoms with Crippen LogP contribution in [0.1, 0.15) is 42.5 Å². The Labute approximate surface area is 161 Å². The molecule has 0 fully saturated rings. The van der Waals surface area contributed by atoms with E-state index in [0.717, 1.165) is 0 Å². The number of nitrogens with one attached hydrogen (secondary N) is 3. The third kappa shape index (κ3) is 9.51. The molecular weight excluding hydrogens is 373 g/mol. The molecule has 9 nitrogen and oxygen atoms in total. The van der Waals surface area contributed by atoms with Crippen molar-refractivity contribution in [1.82, 2.24) is 16.0 Å². The number of hydrogen-bond donors (Lipinski definition) is 5. The first-order chi connectivity index (χ1) is 13.3. The molecule has 1 unspecified atom stereocenters. The molecule has 10 heteroatoms. The molecular formula is C18H24FN3O6. The van der Waals surface area contributed by atoms with Crippen molar-refractivity contribution in [3.63, 3.8) is 0 Å². The van der Waals surface area contributed by atoms with E-state index in [1.165, 1.54) is 24.3 Å². The fourth-order valence-corrected chi connectivity index (χ4v) is 2.27. The molecule has 1 rings (SSSR count). The summed E-state index contributed by atoms with van der Waals surface area (Å²) in [7, 11) is 0. The van der Waals surface area contributed by atoms with Crippen molar-refractivity contribution < 1.29 is 33.8 Å². The summed E-state index contributed by atoms with van der Waals surface area (Å²) in [5, 5.41) is 24.9. The van der Waals surface area contributed by atoms with E-state index < -0.39 is 29.8 Å². The van der Waals surface area contributed by atoms with Crippen molar-refractivity contribution in [2.45, 2.75) is 38.1 Å². The van der Waals surface area contributed by atoms with Crippen LogP contribution in [0, 0.1) is 5.82 Å². The van der Waals surface area contributed by atoms with Crippen LogP contribution in [-0.4, -0.2) is 53.2 Å². The van der Waals surface area contributed by atoms with Gasteiger partial charge in [-0.15, -0.1) is 0 Å². The molecule has 1 aromatic rings. The number of benzene rings is 1. The van der Waals surface area contributed by atoms with Gasteiger partial charge < -0.3 is 26.2 Å². The van der Waals surface area contributed by atoms with Gasteiger partial charge in [0.2, 0.25) is 0 Å². The predicted octanol–water partition coefficient (Wildman–Crippen LogP) is 1.34. The standard InChI is InChI=1S/C18H24FN3O6/c19-13-6-4-12(5-7-13)16(25)20-10-2-1-3-11-21-18(28)22-14(17(26)27)8-9-15(23)24/h4-7,14H,1-3,8-11H2,(H,20,25)(H,23,24)(H,26,27)(H2,21,22,28). The second kappa shape index (κ2) is 12.3. The number of carbonyl (C=O) groups excluding carboxylic acids is 2. The lowest BCUT2D eigenvalue weighted by atomic mass is 10.1. The summed E-state index contributed by atoms with van der Waals surface area (Å²) in [5.74, 6) is -3.14. The van der Waals surface area contributed by atoms with Gasteiger partial charge in [0.05, 0.1) is 0 Å². The quantitative estimate of drug-likeness (QED) is 0.337. The van der Waals surface area contributed by atoms with E-state index in [1.807, 2.05) is 0 Å². The number of carbonyl (C=O) groups is 4. The Morgan fingerprint density at radius 3 is 2.11 bits per heavy atom. The Kier molecular flexibility index (Phi) is 10.0. The van der Waals surface area contributed by atoms with Crippen LogP contribution in [0.4, 0.5) is 9.18 Å². The SMILES string of the molecule is O=C(O)CCC(NC(=O)NCCCCCNC(=O)c1ccc(F)cc1)C(=O)O. The summed E-state index contributed by atoms with van der Waals surface area (Å²) >= 11 is 0. The lowest BCUT2D eigenvalue weighted by Crippen LogP contribution is -2.46. The highest BCUT2D eigenvalue weighted by molar-refractivity contribution is 5.94. The van der Waals surface area contributed by atoms with Crippen molar-refractivity contribution >= 4 is 23.9 Å². The molecule has 0 saturated carbocycles. The zero-order valence-corrected chi connectivity index (χ0v) is 15.2. The maximum absolute atomic E-state index is 12.8. The van der Waals surface area contributed by atoms with Gasteiger partial charge in [-0.1, -0.05) is 0 Å². The number of carboxylic acids is 2. The smallest absolute Gasteiger partial charge is 0.326 e. The fourth-order valence-electron chi connectivity index (χ4n) is 2.27. The molecule has 1 aromatic carbocycles. The molecule has 1 atom stereocenters. The van der Waals surface area contributed by atoms with Gasteiger partial charge in [-0.3, -0.25) is 9.59 Å². The molecule has 0 spiro atoms. The largest absolute Gasteiger partial charge is 0.481 e. The Morgan fingerprint density at radius 1 is 0.929 bits per heavy atom. The highest BCUT2D eigenvalue weighted by Crippen LogP contribution is 2.03. The number of carboxylic acid groups (broad SMARTS) is 2. The number of rotatable bonds is 12. The Morgan fingerprint density at radius 2 is 1.54 bits per heavy atom. The van der Waals surface area contributed by atoms with Gasteiger partial charge in [0.25, 0.3) is 5.91 Å². The van der Waals surface area contributed by atoms with Crippen LogP contribution in [0.25, 0.3) is 0 Å². The lowest BCUT2D eigenvalue weighted by Gasteiger charge is -2.14. The minimum atomic E-state index is -1.30. The molecule has 0 aliphatic carbocycles. The first-order valence-corrected chi connectivity index (χ1v) is 8.82. The molecule has 3 amide bonds. The van der Waals surface area contributed by atoms with Gasteiger partial charge in [-0.2, -0.15) is 0 Å². The fraction of sp³-hybridized carbons (Fsp3) is 0.444. The number of amides is 3. The Balaban J connectivity index is 2.13. The third-order valence-corrected chi connectivity index (χ3v) is 3.78. The number of aliphatic carboxylic acids is 2. The average Bonchev–Trinajstić information content (AvgIpc) is 2.64. The summed E-state index contributed by atoms with van der Waals surface area (Å²) < 4.78 is 12.8. The van der Waals surface area contributed by atoms with E-state index >= 15 is 0 Å². The molecule has 0 heterocycles. The molecule has 0 aliphatic rings. The van der Waals surface area contributed by atoms with E-state index in [9.17, 15) is 23.6 Å². The van der Waals surface area contributed by atoms with E-state index in [2.05, 4.69) is 16.0 Å². The van der Waals surface area contributed by atoms with Crippen LogP contribution in [0.2, 0.25) is 0 Å². The van der Waals surface area contributed by atoms with Crippen LogP contribution >= 0.6 is 0 Å². The van der Waals surface area contributed by atoms with Crippen LogP contribution in [0.3, 0.4) is 0 Å². The van der Waals surface area contributed by atoms with E-state index in [0.29, 0.717) is 37.9 Å². The van der Waals surface area contributed by atoms with Crippen LogP contribution in [0.5, 0.6) is 0 Å². The predicted molar refractivity (Wildman–Crippen MR) is 97.4 cm³/mol. The molecule has 0 bridgehead atoms. The summed E-state index contributed by atoms with van der Waals surface area (Å²) in [6.45, 7) is 0.738. The second-order valence-corrected chi connectivity index (χ2v) is 6.05. The number of hydrogen-bond acceptors (Lipinski definition) is 4. The summed E-state index contributed by atoms with van der Waals surface area (Å²) in [5.41, 5.74) is 0.371. The minimum absolute atomic E-state index is 0.203. The first kappa shape index (κ1) is 22.9. The molecule has 0 saturated heterocycles. The zero-order valence-electron chi connectivity index (χ0n) is 15.2. The number of halogens is 1.